The van der Waals surface area contributed by atoms with E-state index in [2.05, 4.69) is 104 Å². The molecule has 4 atom stereocenters. The summed E-state index contributed by atoms with van der Waals surface area (Å²) in [5.74, 6) is 0.00305. The van der Waals surface area contributed by atoms with E-state index in [0.717, 1.165) is 23.4 Å². The van der Waals surface area contributed by atoms with Gasteiger partial charge >= 0.3 is 0 Å². The molecule has 0 N–H and O–H groups in total. The van der Waals surface area contributed by atoms with Crippen molar-refractivity contribution in [3.8, 4) is 0 Å². The Hall–Kier alpha value is -3.73. The Balaban J connectivity index is 1.50. The second-order valence-electron chi connectivity index (χ2n) is 10.6. The van der Waals surface area contributed by atoms with Gasteiger partial charge in [-0.05, 0) is 42.7 Å². The van der Waals surface area contributed by atoms with Crippen LogP contribution in [0.5, 0.6) is 0 Å². The maximum atomic E-state index is 14.1. The molecular weight excluding hydrogens is 468 g/mol. The van der Waals surface area contributed by atoms with Crippen LogP contribution in [0.2, 0.25) is 0 Å². The highest BCUT2D eigenvalue weighted by atomic mass is 16.7. The number of rotatable bonds is 5. The SMILES string of the molecule is Cc1ccc([C@@H]2[C@H](c3ccccc3)[C@]3(CN([C@H](C)c4ccccc4)CCC3=O)ON2c2ccccc2)cc1. The number of aryl methyl sites for hydroxylation is 1. The number of piperidine rings is 1. The van der Waals surface area contributed by atoms with Gasteiger partial charge < -0.3 is 0 Å². The summed E-state index contributed by atoms with van der Waals surface area (Å²) in [6.45, 7) is 5.60. The number of nitrogens with zero attached hydrogens (tertiary/aromatic N) is 2. The van der Waals surface area contributed by atoms with E-state index in [1.807, 2.05) is 35.4 Å². The molecule has 0 aromatic heterocycles. The van der Waals surface area contributed by atoms with Gasteiger partial charge in [0.2, 0.25) is 0 Å². The van der Waals surface area contributed by atoms with Crippen LogP contribution in [0.15, 0.2) is 115 Å². The summed E-state index contributed by atoms with van der Waals surface area (Å²) < 4.78 is 0. The lowest BCUT2D eigenvalue weighted by Gasteiger charge is -2.43. The minimum absolute atomic E-state index is 0.156. The van der Waals surface area contributed by atoms with Crippen LogP contribution < -0.4 is 5.06 Å². The van der Waals surface area contributed by atoms with Gasteiger partial charge in [-0.3, -0.25) is 14.5 Å². The van der Waals surface area contributed by atoms with Crippen molar-refractivity contribution in [1.29, 1.82) is 0 Å². The van der Waals surface area contributed by atoms with Gasteiger partial charge in [0.25, 0.3) is 0 Å². The molecule has 6 rings (SSSR count). The predicted molar refractivity (Wildman–Crippen MR) is 152 cm³/mol. The number of likely N-dealkylation sites (tertiary alicyclic amines) is 1. The zero-order chi connectivity index (χ0) is 26.1. The fourth-order valence-corrected chi connectivity index (χ4v) is 6.22. The lowest BCUT2D eigenvalue weighted by atomic mass is 9.71. The van der Waals surface area contributed by atoms with Gasteiger partial charge in [-0.25, -0.2) is 5.06 Å². The van der Waals surface area contributed by atoms with Crippen LogP contribution in [0.25, 0.3) is 0 Å². The molecule has 38 heavy (non-hydrogen) atoms. The summed E-state index contributed by atoms with van der Waals surface area (Å²) in [7, 11) is 0. The number of anilines is 1. The second kappa shape index (κ2) is 10.2. The predicted octanol–water partition coefficient (Wildman–Crippen LogP) is 7.05. The third-order valence-corrected chi connectivity index (χ3v) is 8.29. The van der Waals surface area contributed by atoms with Crippen LogP contribution in [0.1, 0.15) is 53.6 Å². The Kier molecular flexibility index (Phi) is 6.61. The number of carbonyl (C=O) groups excluding carboxylic acids is 1. The lowest BCUT2D eigenvalue weighted by Crippen LogP contribution is -2.58. The molecule has 4 heteroatoms. The molecule has 192 valence electrons. The highest BCUT2D eigenvalue weighted by Gasteiger charge is 2.61. The van der Waals surface area contributed by atoms with Gasteiger partial charge in [-0.1, -0.05) is 109 Å². The number of carbonyl (C=O) groups is 1. The van der Waals surface area contributed by atoms with Crippen LogP contribution in [0.4, 0.5) is 5.69 Å². The number of para-hydroxylation sites is 1. The molecule has 4 nitrogen and oxygen atoms in total. The van der Waals surface area contributed by atoms with Crippen LogP contribution in [0, 0.1) is 6.92 Å². The van der Waals surface area contributed by atoms with E-state index in [1.54, 1.807) is 0 Å². The number of hydroxylamine groups is 1. The molecule has 2 aliphatic heterocycles. The number of hydrogen-bond donors (Lipinski definition) is 0. The average molecular weight is 503 g/mol. The van der Waals surface area contributed by atoms with Gasteiger partial charge in [0, 0.05) is 25.6 Å². The Morgan fingerprint density at radius 1 is 0.789 bits per heavy atom. The van der Waals surface area contributed by atoms with E-state index in [4.69, 9.17) is 4.84 Å². The Bertz CT molecular complexity index is 1370. The van der Waals surface area contributed by atoms with Gasteiger partial charge in [-0.2, -0.15) is 0 Å². The maximum Gasteiger partial charge on any atom is 0.176 e. The molecule has 2 fully saturated rings. The highest BCUT2D eigenvalue weighted by Crippen LogP contribution is 2.55. The molecule has 0 radical (unpaired) electrons. The van der Waals surface area contributed by atoms with Crippen LogP contribution in [-0.4, -0.2) is 29.4 Å². The maximum absolute atomic E-state index is 14.1. The molecule has 1 spiro atoms. The minimum Gasteiger partial charge on any atom is -0.296 e. The highest BCUT2D eigenvalue weighted by molar-refractivity contribution is 5.91. The normalized spacial score (nSPS) is 24.6. The van der Waals surface area contributed by atoms with Crippen LogP contribution >= 0.6 is 0 Å². The molecule has 2 aliphatic rings. The topological polar surface area (TPSA) is 32.8 Å². The zero-order valence-corrected chi connectivity index (χ0v) is 22.0. The summed E-state index contributed by atoms with van der Waals surface area (Å²) in [4.78, 5) is 23.6. The van der Waals surface area contributed by atoms with Crippen molar-refractivity contribution in [2.75, 3.05) is 18.2 Å². The fraction of sp³-hybridized carbons (Fsp3) is 0.265. The number of ketones is 1. The molecule has 0 unspecified atom stereocenters. The number of Topliss-reactive ketones (excluding diaryl/α,β-unsaturated/α-hetero) is 1. The number of hydrogen-bond acceptors (Lipinski definition) is 4. The zero-order valence-electron chi connectivity index (χ0n) is 22.0. The van der Waals surface area contributed by atoms with E-state index in [-0.39, 0.29) is 23.8 Å². The lowest BCUT2D eigenvalue weighted by molar-refractivity contribution is -0.151. The first kappa shape index (κ1) is 24.6. The van der Waals surface area contributed by atoms with E-state index >= 15 is 0 Å². The van der Waals surface area contributed by atoms with Gasteiger partial charge in [0.15, 0.2) is 11.4 Å². The molecule has 0 aliphatic carbocycles. The Morgan fingerprint density at radius 2 is 1.39 bits per heavy atom. The Labute approximate surface area is 225 Å². The quantitative estimate of drug-likeness (QED) is 0.293. The van der Waals surface area contributed by atoms with Crippen molar-refractivity contribution >= 4 is 11.5 Å². The molecule has 2 saturated heterocycles. The van der Waals surface area contributed by atoms with Crippen molar-refractivity contribution in [3.63, 3.8) is 0 Å². The fourth-order valence-electron chi connectivity index (χ4n) is 6.22. The van der Waals surface area contributed by atoms with Crippen LogP contribution in [0.3, 0.4) is 0 Å². The molecule has 0 amide bonds. The largest absolute Gasteiger partial charge is 0.296 e. The smallest absolute Gasteiger partial charge is 0.176 e. The third kappa shape index (κ3) is 4.34. The second-order valence-corrected chi connectivity index (χ2v) is 10.6. The first-order chi connectivity index (χ1) is 18.6. The molecular formula is C34H34N2O2. The molecule has 4 aromatic carbocycles. The van der Waals surface area contributed by atoms with Crippen molar-refractivity contribution in [2.24, 2.45) is 0 Å². The van der Waals surface area contributed by atoms with E-state index < -0.39 is 5.60 Å². The van der Waals surface area contributed by atoms with E-state index in [9.17, 15) is 4.79 Å². The first-order valence-corrected chi connectivity index (χ1v) is 13.5. The van der Waals surface area contributed by atoms with E-state index in [0.29, 0.717) is 13.0 Å². The first-order valence-electron chi connectivity index (χ1n) is 13.5. The molecule has 0 bridgehead atoms. The minimum atomic E-state index is -1.01. The van der Waals surface area contributed by atoms with Gasteiger partial charge in [0.05, 0.1) is 17.6 Å². The van der Waals surface area contributed by atoms with Gasteiger partial charge in [-0.15, -0.1) is 0 Å². The monoisotopic (exact) mass is 502 g/mol. The number of benzene rings is 4. The molecule has 0 saturated carbocycles. The summed E-state index contributed by atoms with van der Waals surface area (Å²) in [6.07, 6.45) is 0.462. The summed E-state index contributed by atoms with van der Waals surface area (Å²) in [5.41, 5.74) is 4.68. The Morgan fingerprint density at radius 3 is 2.05 bits per heavy atom. The summed E-state index contributed by atoms with van der Waals surface area (Å²) in [6, 6.07) is 39.9. The average Bonchev–Trinajstić information content (AvgIpc) is 3.31. The standard InChI is InChI=1S/C34H34N2O2/c1-25-18-20-29(21-19-25)33-32(28-14-8-4-9-15-28)34(38-36(33)30-16-10-5-11-17-30)24-35(23-22-31(34)37)26(2)27-12-6-3-7-13-27/h3-21,26,32-33H,22-24H2,1-2H3/t26-,32+,33-,34-/m1/s1. The van der Waals surface area contributed by atoms with Gasteiger partial charge in [0.1, 0.15) is 0 Å². The van der Waals surface area contributed by atoms with Crippen molar-refractivity contribution in [2.45, 2.75) is 43.9 Å². The molecule has 2 heterocycles. The molecule has 4 aromatic rings. The van der Waals surface area contributed by atoms with Crippen molar-refractivity contribution in [3.05, 3.63) is 138 Å². The van der Waals surface area contributed by atoms with Crippen molar-refractivity contribution in [1.82, 2.24) is 4.90 Å². The summed E-state index contributed by atoms with van der Waals surface area (Å²) in [5, 5.41) is 2.01. The van der Waals surface area contributed by atoms with Crippen molar-refractivity contribution < 1.29 is 9.63 Å². The third-order valence-electron chi connectivity index (χ3n) is 8.29. The van der Waals surface area contributed by atoms with Crippen LogP contribution in [-0.2, 0) is 9.63 Å². The van der Waals surface area contributed by atoms with E-state index in [1.165, 1.54) is 11.1 Å². The summed E-state index contributed by atoms with van der Waals surface area (Å²) >= 11 is 0.